The Hall–Kier alpha value is -2.74. The number of carbonyl (C=O) groups is 1. The van der Waals surface area contributed by atoms with E-state index in [0.717, 1.165) is 23.3 Å². The van der Waals surface area contributed by atoms with Crippen LogP contribution >= 0.6 is 0 Å². The Morgan fingerprint density at radius 3 is 2.33 bits per heavy atom. The lowest BCUT2D eigenvalue weighted by Crippen LogP contribution is -2.44. The summed E-state index contributed by atoms with van der Waals surface area (Å²) in [7, 11) is 0. The number of nitrogens with one attached hydrogen (secondary N) is 1. The fourth-order valence-electron chi connectivity index (χ4n) is 3.48. The highest BCUT2D eigenvalue weighted by Crippen LogP contribution is 2.34. The zero-order chi connectivity index (χ0) is 21.8. The summed E-state index contributed by atoms with van der Waals surface area (Å²) >= 11 is 0. The van der Waals surface area contributed by atoms with Crippen molar-refractivity contribution in [1.29, 1.82) is 0 Å². The molecule has 1 heterocycles. The minimum atomic E-state index is -1.61. The van der Waals surface area contributed by atoms with Crippen molar-refractivity contribution in [2.75, 3.05) is 25.1 Å². The van der Waals surface area contributed by atoms with Gasteiger partial charge in [0.15, 0.2) is 29.0 Å². The second kappa shape index (κ2) is 9.38. The minimum Gasteiger partial charge on any atom is -0.490 e. The summed E-state index contributed by atoms with van der Waals surface area (Å²) in [5.74, 6) is -3.47. The molecule has 3 rings (SSSR count). The third-order valence-electron chi connectivity index (χ3n) is 5.13. The molecule has 162 valence electrons. The quantitative estimate of drug-likeness (QED) is 0.677. The molecular weight excluding hydrogens is 397 g/mol. The second-order valence-corrected chi connectivity index (χ2v) is 7.04. The molecule has 0 fully saturated rings. The van der Waals surface area contributed by atoms with Crippen molar-refractivity contribution in [2.24, 2.45) is 0 Å². The molecule has 1 aliphatic rings. The van der Waals surface area contributed by atoms with Gasteiger partial charge in [-0.1, -0.05) is 0 Å². The molecule has 5 nitrogen and oxygen atoms in total. The van der Waals surface area contributed by atoms with Crippen LogP contribution in [0.4, 0.5) is 18.9 Å². The Bertz CT molecular complexity index is 936. The van der Waals surface area contributed by atoms with Gasteiger partial charge in [0, 0.05) is 13.1 Å². The van der Waals surface area contributed by atoms with Crippen LogP contribution in [0.3, 0.4) is 0 Å². The van der Waals surface area contributed by atoms with Gasteiger partial charge in [0.1, 0.15) is 0 Å². The van der Waals surface area contributed by atoms with Gasteiger partial charge in [-0.05, 0) is 62.6 Å². The van der Waals surface area contributed by atoms with Crippen LogP contribution in [0.1, 0.15) is 31.9 Å². The van der Waals surface area contributed by atoms with E-state index in [9.17, 15) is 18.0 Å². The van der Waals surface area contributed by atoms with E-state index >= 15 is 0 Å². The molecule has 0 aromatic heterocycles. The SMILES string of the molecule is CCOc1cc2c(cc1OCC)CN([C@H](C)C(=O)Nc1ccc(F)c(F)c1F)CC2. The van der Waals surface area contributed by atoms with E-state index < -0.39 is 29.4 Å². The topological polar surface area (TPSA) is 50.8 Å². The van der Waals surface area contributed by atoms with Crippen molar-refractivity contribution in [1.82, 2.24) is 4.90 Å². The van der Waals surface area contributed by atoms with Gasteiger partial charge >= 0.3 is 0 Å². The third-order valence-corrected chi connectivity index (χ3v) is 5.13. The van der Waals surface area contributed by atoms with Crippen molar-refractivity contribution in [3.63, 3.8) is 0 Å². The molecule has 1 aliphatic heterocycles. The van der Waals surface area contributed by atoms with Crippen LogP contribution in [-0.4, -0.2) is 36.6 Å². The molecule has 1 atom stereocenters. The third kappa shape index (κ3) is 4.53. The summed E-state index contributed by atoms with van der Waals surface area (Å²) < 4.78 is 51.7. The van der Waals surface area contributed by atoms with Crippen molar-refractivity contribution in [3.05, 3.63) is 52.8 Å². The Kier molecular flexibility index (Phi) is 6.87. The lowest BCUT2D eigenvalue weighted by Gasteiger charge is -2.33. The predicted molar refractivity (Wildman–Crippen MR) is 107 cm³/mol. The van der Waals surface area contributed by atoms with Gasteiger partial charge in [-0.25, -0.2) is 13.2 Å². The van der Waals surface area contributed by atoms with E-state index in [1.165, 1.54) is 0 Å². The van der Waals surface area contributed by atoms with Gasteiger partial charge in [0.2, 0.25) is 5.91 Å². The summed E-state index contributed by atoms with van der Waals surface area (Å²) in [4.78, 5) is 14.5. The highest BCUT2D eigenvalue weighted by molar-refractivity contribution is 5.94. The maximum atomic E-state index is 13.9. The molecule has 0 aliphatic carbocycles. The maximum absolute atomic E-state index is 13.9. The molecule has 30 heavy (non-hydrogen) atoms. The molecule has 0 spiro atoms. The van der Waals surface area contributed by atoms with Gasteiger partial charge in [-0.2, -0.15) is 0 Å². The number of anilines is 1. The number of halogens is 3. The fourth-order valence-corrected chi connectivity index (χ4v) is 3.48. The molecule has 0 saturated carbocycles. The molecule has 8 heteroatoms. The smallest absolute Gasteiger partial charge is 0.241 e. The summed E-state index contributed by atoms with van der Waals surface area (Å²) in [5, 5.41) is 2.35. The van der Waals surface area contributed by atoms with Crippen LogP contribution in [-0.2, 0) is 17.8 Å². The van der Waals surface area contributed by atoms with Crippen molar-refractivity contribution < 1.29 is 27.4 Å². The fraction of sp³-hybridized carbons (Fsp3) is 0.409. The van der Waals surface area contributed by atoms with E-state index in [1.54, 1.807) is 6.92 Å². The predicted octanol–water partition coefficient (Wildman–Crippen LogP) is 4.29. The van der Waals surface area contributed by atoms with Gasteiger partial charge in [-0.15, -0.1) is 0 Å². The highest BCUT2D eigenvalue weighted by atomic mass is 19.2. The normalized spacial score (nSPS) is 14.7. The molecule has 0 saturated heterocycles. The largest absolute Gasteiger partial charge is 0.490 e. The zero-order valence-corrected chi connectivity index (χ0v) is 17.2. The number of fused-ring (bicyclic) bond motifs is 1. The lowest BCUT2D eigenvalue weighted by molar-refractivity contribution is -0.121. The Morgan fingerprint density at radius 1 is 1.07 bits per heavy atom. The van der Waals surface area contributed by atoms with Gasteiger partial charge in [0.05, 0.1) is 24.9 Å². The van der Waals surface area contributed by atoms with E-state index in [4.69, 9.17) is 9.47 Å². The first-order chi connectivity index (χ1) is 14.3. The highest BCUT2D eigenvalue weighted by Gasteiger charge is 2.27. The van der Waals surface area contributed by atoms with Crippen LogP contribution in [0.25, 0.3) is 0 Å². The number of amides is 1. The molecule has 2 aromatic carbocycles. The Labute approximate surface area is 173 Å². The number of nitrogens with zero attached hydrogens (tertiary/aromatic N) is 1. The molecule has 2 aromatic rings. The van der Waals surface area contributed by atoms with Crippen LogP contribution in [0.2, 0.25) is 0 Å². The van der Waals surface area contributed by atoms with Crippen molar-refractivity contribution in [2.45, 2.75) is 39.8 Å². The number of hydrogen-bond donors (Lipinski definition) is 1. The molecular formula is C22H25F3N2O3. The Morgan fingerprint density at radius 2 is 1.70 bits per heavy atom. The van der Waals surface area contributed by atoms with E-state index in [2.05, 4.69) is 5.32 Å². The van der Waals surface area contributed by atoms with Crippen LogP contribution in [0.5, 0.6) is 11.5 Å². The monoisotopic (exact) mass is 422 g/mol. The number of hydrogen-bond acceptors (Lipinski definition) is 4. The average Bonchev–Trinajstić information content (AvgIpc) is 2.74. The van der Waals surface area contributed by atoms with Crippen molar-refractivity contribution in [3.8, 4) is 11.5 Å². The molecule has 0 bridgehead atoms. The van der Waals surface area contributed by atoms with E-state index in [-0.39, 0.29) is 5.69 Å². The van der Waals surface area contributed by atoms with E-state index in [0.29, 0.717) is 44.2 Å². The van der Waals surface area contributed by atoms with Gasteiger partial charge < -0.3 is 14.8 Å². The zero-order valence-electron chi connectivity index (χ0n) is 17.2. The molecule has 1 amide bonds. The summed E-state index contributed by atoms with van der Waals surface area (Å²) in [6, 6.07) is 5.08. The molecule has 0 radical (unpaired) electrons. The first-order valence-electron chi connectivity index (χ1n) is 9.95. The van der Waals surface area contributed by atoms with Crippen LogP contribution in [0, 0.1) is 17.5 Å². The number of rotatable bonds is 7. The van der Waals surface area contributed by atoms with E-state index in [1.807, 2.05) is 30.9 Å². The molecule has 0 unspecified atom stereocenters. The van der Waals surface area contributed by atoms with Gasteiger partial charge in [0.25, 0.3) is 0 Å². The second-order valence-electron chi connectivity index (χ2n) is 7.04. The first kappa shape index (κ1) is 22.0. The van der Waals surface area contributed by atoms with Crippen molar-refractivity contribution >= 4 is 11.6 Å². The number of ether oxygens (including phenoxy) is 2. The molecule has 1 N–H and O–H groups in total. The van der Waals surface area contributed by atoms with Crippen LogP contribution in [0.15, 0.2) is 24.3 Å². The minimum absolute atomic E-state index is 0.386. The number of carbonyl (C=O) groups excluding carboxylic acids is 1. The summed E-state index contributed by atoms with van der Waals surface area (Å²) in [5.41, 5.74) is 1.76. The van der Waals surface area contributed by atoms with Gasteiger partial charge in [-0.3, -0.25) is 9.69 Å². The Balaban J connectivity index is 1.75. The number of benzene rings is 2. The van der Waals surface area contributed by atoms with Crippen LogP contribution < -0.4 is 14.8 Å². The lowest BCUT2D eigenvalue weighted by atomic mass is 9.97. The summed E-state index contributed by atoms with van der Waals surface area (Å²) in [6.45, 7) is 7.64. The average molecular weight is 422 g/mol. The summed E-state index contributed by atoms with van der Waals surface area (Å²) in [6.07, 6.45) is 0.707. The standard InChI is InChI=1S/C22H25F3N2O3/c1-4-29-18-10-14-8-9-27(12-15(14)11-19(18)30-5-2)13(3)22(28)26-17-7-6-16(23)20(24)21(17)25/h6-7,10-11,13H,4-5,8-9,12H2,1-3H3,(H,26,28)/t13-/m1/s1. The first-order valence-corrected chi connectivity index (χ1v) is 9.95. The maximum Gasteiger partial charge on any atom is 0.241 e.